The van der Waals surface area contributed by atoms with Crippen LogP contribution in [0.2, 0.25) is 0 Å². The van der Waals surface area contributed by atoms with Gasteiger partial charge in [-0.25, -0.2) is 9.97 Å². The molecule has 0 bridgehead atoms. The van der Waals surface area contributed by atoms with E-state index in [0.29, 0.717) is 0 Å². The van der Waals surface area contributed by atoms with Gasteiger partial charge < -0.3 is 9.80 Å². The van der Waals surface area contributed by atoms with Crippen molar-refractivity contribution in [3.05, 3.63) is 95.8 Å². The molecule has 4 heteroatoms. The van der Waals surface area contributed by atoms with Crippen LogP contribution in [0, 0.1) is 19.3 Å². The van der Waals surface area contributed by atoms with Crippen LogP contribution in [0.4, 0.5) is 23.0 Å². The molecule has 1 unspecified atom stereocenters. The SMILES string of the molecule is Cc1cccc(C)c1-c1ccc2c(c1)N1c3nccnc3N(c3ccccc3)C1C(C)(C)C2(C)C. The van der Waals surface area contributed by atoms with Crippen molar-refractivity contribution in [1.29, 1.82) is 0 Å². The summed E-state index contributed by atoms with van der Waals surface area (Å²) in [4.78, 5) is 14.6. The van der Waals surface area contributed by atoms with Gasteiger partial charge in [-0.2, -0.15) is 0 Å². The number of benzene rings is 3. The third-order valence-electron chi connectivity index (χ3n) is 8.60. The largest absolute Gasteiger partial charge is 0.301 e. The lowest BCUT2D eigenvalue weighted by atomic mass is 9.59. The normalized spacial score (nSPS) is 19.2. The predicted octanol–water partition coefficient (Wildman–Crippen LogP) is 7.69. The Balaban J connectivity index is 1.65. The van der Waals surface area contributed by atoms with Gasteiger partial charge >= 0.3 is 0 Å². The lowest BCUT2D eigenvalue weighted by Gasteiger charge is -2.56. The Bertz CT molecular complexity index is 1420. The van der Waals surface area contributed by atoms with Gasteiger partial charge in [0.05, 0.1) is 0 Å². The second-order valence-corrected chi connectivity index (χ2v) is 11.0. The van der Waals surface area contributed by atoms with Crippen LogP contribution in [0.25, 0.3) is 11.1 Å². The molecule has 0 saturated heterocycles. The van der Waals surface area contributed by atoms with E-state index in [1.165, 1.54) is 33.5 Å². The molecule has 2 aliphatic rings. The number of anilines is 4. The van der Waals surface area contributed by atoms with Crippen LogP contribution < -0.4 is 9.80 Å². The molecule has 0 fully saturated rings. The van der Waals surface area contributed by atoms with Crippen LogP contribution in [0.15, 0.2) is 79.1 Å². The predicted molar refractivity (Wildman–Crippen MR) is 145 cm³/mol. The minimum atomic E-state index is -0.113. The Kier molecular flexibility index (Phi) is 4.63. The second kappa shape index (κ2) is 7.42. The molecule has 0 radical (unpaired) electrons. The van der Waals surface area contributed by atoms with Gasteiger partial charge in [-0.3, -0.25) is 0 Å². The zero-order valence-corrected chi connectivity index (χ0v) is 21.4. The molecule has 0 N–H and O–H groups in total. The van der Waals surface area contributed by atoms with Crippen LogP contribution in [0.1, 0.15) is 44.4 Å². The van der Waals surface area contributed by atoms with E-state index in [-0.39, 0.29) is 17.0 Å². The van der Waals surface area contributed by atoms with E-state index in [4.69, 9.17) is 9.97 Å². The molecule has 1 aromatic heterocycles. The maximum atomic E-state index is 4.89. The molecule has 176 valence electrons. The summed E-state index contributed by atoms with van der Waals surface area (Å²) in [6.45, 7) is 13.9. The van der Waals surface area contributed by atoms with Gasteiger partial charge in [0.25, 0.3) is 0 Å². The molecule has 0 aliphatic carbocycles. The monoisotopic (exact) mass is 460 g/mol. The molecular formula is C31H32N4. The number of fused-ring (bicyclic) bond motifs is 5. The highest BCUT2D eigenvalue weighted by Crippen LogP contribution is 2.61. The lowest BCUT2D eigenvalue weighted by molar-refractivity contribution is 0.146. The fraction of sp³-hybridized carbons (Fsp3) is 0.290. The van der Waals surface area contributed by atoms with Crippen molar-refractivity contribution in [3.8, 4) is 11.1 Å². The van der Waals surface area contributed by atoms with Gasteiger partial charge in [-0.1, -0.05) is 76.2 Å². The summed E-state index contributed by atoms with van der Waals surface area (Å²) in [5.74, 6) is 1.84. The third kappa shape index (κ3) is 2.92. The average molecular weight is 461 g/mol. The van der Waals surface area contributed by atoms with E-state index in [2.05, 4.69) is 118 Å². The van der Waals surface area contributed by atoms with Gasteiger partial charge in [0.15, 0.2) is 11.6 Å². The van der Waals surface area contributed by atoms with Crippen LogP contribution in [0.3, 0.4) is 0 Å². The number of para-hydroxylation sites is 1. The van der Waals surface area contributed by atoms with E-state index in [9.17, 15) is 0 Å². The van der Waals surface area contributed by atoms with Gasteiger partial charge in [-0.15, -0.1) is 0 Å². The highest BCUT2D eigenvalue weighted by atomic mass is 15.5. The van der Waals surface area contributed by atoms with E-state index in [1.807, 2.05) is 6.20 Å². The average Bonchev–Trinajstić information content (AvgIpc) is 3.20. The van der Waals surface area contributed by atoms with Crippen molar-refractivity contribution in [2.75, 3.05) is 9.80 Å². The fourth-order valence-electron chi connectivity index (χ4n) is 6.11. The van der Waals surface area contributed by atoms with E-state index < -0.39 is 0 Å². The summed E-state index contributed by atoms with van der Waals surface area (Å²) < 4.78 is 0. The lowest BCUT2D eigenvalue weighted by Crippen LogP contribution is -2.60. The van der Waals surface area contributed by atoms with Crippen LogP contribution in [-0.2, 0) is 5.41 Å². The molecule has 2 aliphatic heterocycles. The van der Waals surface area contributed by atoms with Crippen LogP contribution in [-0.4, -0.2) is 16.1 Å². The third-order valence-corrected chi connectivity index (χ3v) is 8.60. The smallest absolute Gasteiger partial charge is 0.178 e. The van der Waals surface area contributed by atoms with Crippen molar-refractivity contribution in [1.82, 2.24) is 9.97 Å². The topological polar surface area (TPSA) is 32.3 Å². The molecule has 0 amide bonds. The molecule has 4 nitrogen and oxygen atoms in total. The zero-order valence-electron chi connectivity index (χ0n) is 21.4. The maximum absolute atomic E-state index is 4.89. The molecule has 4 aromatic rings. The summed E-state index contributed by atoms with van der Waals surface area (Å²) in [5, 5.41) is 0. The van der Waals surface area contributed by atoms with Crippen molar-refractivity contribution < 1.29 is 0 Å². The summed E-state index contributed by atoms with van der Waals surface area (Å²) in [5.41, 5.74) is 8.66. The number of hydrogen-bond donors (Lipinski definition) is 0. The minimum absolute atomic E-state index is 0.0398. The van der Waals surface area contributed by atoms with Gasteiger partial charge in [0.1, 0.15) is 6.17 Å². The quantitative estimate of drug-likeness (QED) is 0.307. The number of aryl methyl sites for hydroxylation is 2. The summed E-state index contributed by atoms with van der Waals surface area (Å²) in [7, 11) is 0. The van der Waals surface area contributed by atoms with E-state index in [1.54, 1.807) is 6.20 Å². The second-order valence-electron chi connectivity index (χ2n) is 11.0. The molecule has 35 heavy (non-hydrogen) atoms. The maximum Gasteiger partial charge on any atom is 0.178 e. The number of hydrogen-bond acceptors (Lipinski definition) is 4. The van der Waals surface area contributed by atoms with E-state index in [0.717, 1.165) is 17.3 Å². The molecule has 3 aromatic carbocycles. The first-order valence-corrected chi connectivity index (χ1v) is 12.4. The molecule has 3 heterocycles. The van der Waals surface area contributed by atoms with Gasteiger partial charge in [0, 0.05) is 34.6 Å². The molecule has 6 rings (SSSR count). The Morgan fingerprint density at radius 1 is 0.714 bits per heavy atom. The van der Waals surface area contributed by atoms with Crippen LogP contribution >= 0.6 is 0 Å². The summed E-state index contributed by atoms with van der Waals surface area (Å²) >= 11 is 0. The minimum Gasteiger partial charge on any atom is -0.301 e. The Labute approximate surface area is 208 Å². The van der Waals surface area contributed by atoms with Crippen molar-refractivity contribution in [2.24, 2.45) is 5.41 Å². The Morgan fingerprint density at radius 2 is 1.34 bits per heavy atom. The van der Waals surface area contributed by atoms with E-state index >= 15 is 0 Å². The standard InChI is InChI=1S/C31H32N4/c1-20-11-10-12-21(2)26(20)22-15-16-24-25(19-22)35-28-27(32-17-18-33-28)34(23-13-8-7-9-14-23)29(35)31(5,6)30(24,3)4/h7-19,29H,1-6H3. The number of rotatable bonds is 2. The highest BCUT2D eigenvalue weighted by molar-refractivity contribution is 5.88. The molecule has 1 atom stereocenters. The number of aromatic nitrogens is 2. The number of nitrogens with zero attached hydrogens (tertiary/aromatic N) is 4. The first-order chi connectivity index (χ1) is 16.7. The first kappa shape index (κ1) is 21.8. The zero-order chi connectivity index (χ0) is 24.5. The van der Waals surface area contributed by atoms with Crippen LogP contribution in [0.5, 0.6) is 0 Å². The van der Waals surface area contributed by atoms with Crippen molar-refractivity contribution in [2.45, 2.75) is 53.1 Å². The molecule has 0 spiro atoms. The van der Waals surface area contributed by atoms with Crippen molar-refractivity contribution in [3.63, 3.8) is 0 Å². The van der Waals surface area contributed by atoms with Gasteiger partial charge in [0.2, 0.25) is 0 Å². The highest BCUT2D eigenvalue weighted by Gasteiger charge is 2.58. The summed E-state index contributed by atoms with van der Waals surface area (Å²) in [6, 6.07) is 24.2. The summed E-state index contributed by atoms with van der Waals surface area (Å²) in [6.07, 6.45) is 3.66. The van der Waals surface area contributed by atoms with Crippen molar-refractivity contribution >= 4 is 23.0 Å². The molecular weight excluding hydrogens is 428 g/mol. The van der Waals surface area contributed by atoms with Gasteiger partial charge in [-0.05, 0) is 59.9 Å². The fourth-order valence-corrected chi connectivity index (χ4v) is 6.11. The first-order valence-electron chi connectivity index (χ1n) is 12.4. The Hall–Kier alpha value is -3.66. The molecule has 0 saturated carbocycles. The Morgan fingerprint density at radius 3 is 2.00 bits per heavy atom.